The smallest absolute Gasteiger partial charge is 0.256 e. The predicted octanol–water partition coefficient (Wildman–Crippen LogP) is 3.29. The molecule has 0 spiro atoms. The number of hydrogen-bond acceptors (Lipinski definition) is 5. The molecule has 0 atom stereocenters. The van der Waals surface area contributed by atoms with Gasteiger partial charge in [-0.2, -0.15) is 0 Å². The molecule has 1 aliphatic rings. The predicted molar refractivity (Wildman–Crippen MR) is 131 cm³/mol. The van der Waals surface area contributed by atoms with Crippen molar-refractivity contribution < 1.29 is 14.3 Å². The molecule has 8 nitrogen and oxygen atoms in total. The monoisotopic (exact) mass is 468 g/mol. The number of aromatic nitrogens is 2. The minimum atomic E-state index is -0.567. The summed E-state index contributed by atoms with van der Waals surface area (Å²) in [6, 6.07) is 5.59. The zero-order valence-corrected chi connectivity index (χ0v) is 20.2. The van der Waals surface area contributed by atoms with Gasteiger partial charge in [0.25, 0.3) is 11.8 Å². The van der Waals surface area contributed by atoms with Crippen LogP contribution in [0.4, 0.5) is 0 Å². The molecule has 1 fully saturated rings. The molecule has 1 aliphatic carbocycles. The maximum Gasteiger partial charge on any atom is 0.256 e. The molecular weight excluding hydrogens is 432 g/mol. The van der Waals surface area contributed by atoms with Crippen LogP contribution in [0.15, 0.2) is 41.6 Å². The van der Waals surface area contributed by atoms with E-state index < -0.39 is 17.2 Å². The fourth-order valence-corrected chi connectivity index (χ4v) is 4.14. The number of amides is 2. The van der Waals surface area contributed by atoms with Crippen LogP contribution in [0.3, 0.4) is 0 Å². The van der Waals surface area contributed by atoms with Gasteiger partial charge in [-0.15, -0.1) is 0 Å². The Morgan fingerprint density at radius 1 is 1.06 bits per heavy atom. The van der Waals surface area contributed by atoms with E-state index >= 15 is 0 Å². The van der Waals surface area contributed by atoms with E-state index in [-0.39, 0.29) is 29.8 Å². The van der Waals surface area contributed by atoms with E-state index in [0.717, 1.165) is 31.4 Å². The third-order valence-corrected chi connectivity index (χ3v) is 5.92. The minimum Gasteiger partial charge on any atom is -0.377 e. The molecule has 3 rings (SSSR count). The summed E-state index contributed by atoms with van der Waals surface area (Å²) in [7, 11) is 0. The van der Waals surface area contributed by atoms with Crippen LogP contribution in [0.25, 0.3) is 0 Å². The number of nitrogens with zero attached hydrogens (tertiary/aromatic N) is 2. The first-order chi connectivity index (χ1) is 16.4. The highest BCUT2D eigenvalue weighted by atomic mass is 16.5. The molecule has 0 aromatic carbocycles. The van der Waals surface area contributed by atoms with Crippen LogP contribution >= 0.6 is 0 Å². The van der Waals surface area contributed by atoms with E-state index in [0.29, 0.717) is 13.2 Å². The lowest BCUT2D eigenvalue weighted by Crippen LogP contribution is -2.40. The average Bonchev–Trinajstić information content (AvgIpc) is 2.79. The van der Waals surface area contributed by atoms with Crippen molar-refractivity contribution in [2.45, 2.75) is 77.5 Å². The van der Waals surface area contributed by atoms with Crippen molar-refractivity contribution in [3.63, 3.8) is 0 Å². The van der Waals surface area contributed by atoms with Gasteiger partial charge in [0.2, 0.25) is 5.43 Å². The van der Waals surface area contributed by atoms with E-state index in [1.165, 1.54) is 31.7 Å². The van der Waals surface area contributed by atoms with Crippen molar-refractivity contribution in [3.8, 4) is 0 Å². The lowest BCUT2D eigenvalue weighted by molar-refractivity contribution is 0.0746. The first-order valence-corrected chi connectivity index (χ1v) is 12.3. The highest BCUT2D eigenvalue weighted by Gasteiger charge is 2.22. The molecule has 34 heavy (non-hydrogen) atoms. The Labute approximate surface area is 201 Å². The zero-order valence-electron chi connectivity index (χ0n) is 20.2. The van der Waals surface area contributed by atoms with Crippen LogP contribution in [-0.2, 0) is 11.3 Å². The SMILES string of the molecule is CC(C)OCCNC(=O)c1cn(Cc2ccccn2)cc(C(=O)NC2CCCCCCC2)c1=O. The Morgan fingerprint density at radius 3 is 2.38 bits per heavy atom. The largest absolute Gasteiger partial charge is 0.377 e. The number of hydrogen-bond donors (Lipinski definition) is 2. The maximum absolute atomic E-state index is 13.2. The fraction of sp³-hybridized carbons (Fsp3) is 0.538. The van der Waals surface area contributed by atoms with Crippen LogP contribution in [0.5, 0.6) is 0 Å². The Bertz CT molecular complexity index is 996. The lowest BCUT2D eigenvalue weighted by Gasteiger charge is -2.21. The second-order valence-electron chi connectivity index (χ2n) is 9.10. The highest BCUT2D eigenvalue weighted by Crippen LogP contribution is 2.17. The summed E-state index contributed by atoms with van der Waals surface area (Å²) in [5, 5.41) is 5.77. The summed E-state index contributed by atoms with van der Waals surface area (Å²) in [5.41, 5.74) is 0.104. The quantitative estimate of drug-likeness (QED) is 0.550. The summed E-state index contributed by atoms with van der Waals surface area (Å²) in [6.07, 6.45) is 12.3. The van der Waals surface area contributed by atoms with Crippen molar-refractivity contribution in [1.29, 1.82) is 0 Å². The van der Waals surface area contributed by atoms with E-state index in [4.69, 9.17) is 4.74 Å². The van der Waals surface area contributed by atoms with Gasteiger partial charge in [-0.25, -0.2) is 0 Å². The number of rotatable bonds is 9. The third-order valence-electron chi connectivity index (χ3n) is 5.92. The average molecular weight is 469 g/mol. The first kappa shape index (κ1) is 25.6. The van der Waals surface area contributed by atoms with E-state index in [1.807, 2.05) is 32.0 Å². The Balaban J connectivity index is 1.83. The molecule has 2 aromatic heterocycles. The molecule has 2 amide bonds. The van der Waals surface area contributed by atoms with Gasteiger partial charge in [-0.05, 0) is 38.8 Å². The highest BCUT2D eigenvalue weighted by molar-refractivity contribution is 5.99. The van der Waals surface area contributed by atoms with Crippen molar-refractivity contribution in [2.75, 3.05) is 13.2 Å². The summed E-state index contributed by atoms with van der Waals surface area (Å²) in [4.78, 5) is 43.5. The van der Waals surface area contributed by atoms with Crippen molar-refractivity contribution >= 4 is 11.8 Å². The number of pyridine rings is 2. The molecule has 2 N–H and O–H groups in total. The van der Waals surface area contributed by atoms with Gasteiger partial charge >= 0.3 is 0 Å². The van der Waals surface area contributed by atoms with Gasteiger partial charge in [0.15, 0.2) is 0 Å². The van der Waals surface area contributed by atoms with E-state index in [9.17, 15) is 14.4 Å². The van der Waals surface area contributed by atoms with Crippen molar-refractivity contribution in [1.82, 2.24) is 20.2 Å². The third kappa shape index (κ3) is 7.80. The molecule has 8 heteroatoms. The Morgan fingerprint density at radius 2 is 1.74 bits per heavy atom. The molecule has 2 heterocycles. The summed E-state index contributed by atoms with van der Waals surface area (Å²) < 4.78 is 7.13. The summed E-state index contributed by atoms with van der Waals surface area (Å²) >= 11 is 0. The van der Waals surface area contributed by atoms with Crippen LogP contribution in [-0.4, -0.2) is 46.7 Å². The molecule has 0 saturated heterocycles. The standard InChI is InChI=1S/C26H36N4O4/c1-19(2)34-15-14-28-25(32)22-17-30(16-21-12-8-9-13-27-21)18-23(24(22)31)26(33)29-20-10-6-4-3-5-7-11-20/h8-9,12-13,17-20H,3-7,10-11,14-16H2,1-2H3,(H,28,32)(H,29,33). The van der Waals surface area contributed by atoms with E-state index in [1.54, 1.807) is 10.8 Å². The summed E-state index contributed by atoms with van der Waals surface area (Å²) in [6.45, 7) is 4.77. The van der Waals surface area contributed by atoms with Gasteiger partial charge in [-0.1, -0.05) is 38.2 Å². The summed E-state index contributed by atoms with van der Waals surface area (Å²) in [5.74, 6) is -0.948. The second-order valence-corrected chi connectivity index (χ2v) is 9.10. The molecule has 2 aromatic rings. The lowest BCUT2D eigenvalue weighted by atomic mass is 9.96. The van der Waals surface area contributed by atoms with Crippen molar-refractivity contribution in [3.05, 3.63) is 63.8 Å². The Kier molecular flexibility index (Phi) is 9.82. The zero-order chi connectivity index (χ0) is 24.3. The number of ether oxygens (including phenoxy) is 1. The minimum absolute atomic E-state index is 0.0240. The van der Waals surface area contributed by atoms with E-state index in [2.05, 4.69) is 15.6 Å². The number of nitrogens with one attached hydrogen (secondary N) is 2. The molecule has 0 radical (unpaired) electrons. The molecule has 0 aliphatic heterocycles. The van der Waals surface area contributed by atoms with Gasteiger partial charge in [0.05, 0.1) is 24.9 Å². The normalized spacial score (nSPS) is 14.9. The van der Waals surface area contributed by atoms with Gasteiger partial charge in [0, 0.05) is 31.2 Å². The van der Waals surface area contributed by atoms with Gasteiger partial charge in [-0.3, -0.25) is 19.4 Å². The molecule has 0 bridgehead atoms. The number of carbonyl (C=O) groups excluding carboxylic acids is 2. The van der Waals surface area contributed by atoms with Crippen molar-refractivity contribution in [2.24, 2.45) is 0 Å². The Hall–Kier alpha value is -3.00. The van der Waals surface area contributed by atoms with Crippen LogP contribution in [0, 0.1) is 0 Å². The molecule has 0 unspecified atom stereocenters. The number of carbonyl (C=O) groups is 2. The van der Waals surface area contributed by atoms with Crippen LogP contribution < -0.4 is 16.1 Å². The molecule has 184 valence electrons. The fourth-order valence-electron chi connectivity index (χ4n) is 4.14. The maximum atomic E-state index is 13.2. The van der Waals surface area contributed by atoms with Crippen LogP contribution in [0.2, 0.25) is 0 Å². The van der Waals surface area contributed by atoms with Crippen LogP contribution in [0.1, 0.15) is 85.2 Å². The van der Waals surface area contributed by atoms with Gasteiger partial charge < -0.3 is 19.9 Å². The molecule has 1 saturated carbocycles. The second kappa shape index (κ2) is 13.0. The molecular formula is C26H36N4O4. The van der Waals surface area contributed by atoms with Gasteiger partial charge in [0.1, 0.15) is 11.1 Å². The first-order valence-electron chi connectivity index (χ1n) is 12.3. The topological polar surface area (TPSA) is 102 Å².